The summed E-state index contributed by atoms with van der Waals surface area (Å²) in [4.78, 5) is 0. The first-order valence-corrected chi connectivity index (χ1v) is 6.26. The highest BCUT2D eigenvalue weighted by Gasteiger charge is 2.28. The topological polar surface area (TPSA) is 9.23 Å². The van der Waals surface area contributed by atoms with Crippen LogP contribution in [-0.4, -0.2) is 7.11 Å². The molecule has 0 heterocycles. The standard InChI is InChI=1S/C17H20O/c1-13-5-9-15(10-6-13)17(3,18-4)16-11-7-14(2)8-12-16/h5-12H,1-4H3. The molecule has 0 bridgehead atoms. The van der Waals surface area contributed by atoms with Crippen molar-refractivity contribution in [3.05, 3.63) is 70.8 Å². The Morgan fingerprint density at radius 3 is 1.33 bits per heavy atom. The van der Waals surface area contributed by atoms with Gasteiger partial charge in [0.1, 0.15) is 5.60 Å². The summed E-state index contributed by atoms with van der Waals surface area (Å²) in [7, 11) is 1.76. The Hall–Kier alpha value is -1.60. The SMILES string of the molecule is COC(C)(c1ccc(C)cc1)c1ccc(C)cc1. The molecule has 1 nitrogen and oxygen atoms in total. The zero-order valence-corrected chi connectivity index (χ0v) is 11.5. The van der Waals surface area contributed by atoms with Gasteiger partial charge < -0.3 is 4.74 Å². The lowest BCUT2D eigenvalue weighted by Crippen LogP contribution is -2.25. The van der Waals surface area contributed by atoms with Crippen molar-refractivity contribution in [1.29, 1.82) is 0 Å². The summed E-state index contributed by atoms with van der Waals surface area (Å²) in [5.74, 6) is 0. The lowest BCUT2D eigenvalue weighted by atomic mass is 9.87. The van der Waals surface area contributed by atoms with Crippen LogP contribution in [0.15, 0.2) is 48.5 Å². The van der Waals surface area contributed by atoms with Crippen molar-refractivity contribution in [1.82, 2.24) is 0 Å². The maximum Gasteiger partial charge on any atom is 0.115 e. The van der Waals surface area contributed by atoms with Crippen LogP contribution >= 0.6 is 0 Å². The summed E-state index contributed by atoms with van der Waals surface area (Å²) in [6, 6.07) is 17.1. The van der Waals surface area contributed by atoms with Crippen LogP contribution in [0.1, 0.15) is 29.2 Å². The molecule has 2 aromatic carbocycles. The molecule has 0 radical (unpaired) electrons. The Morgan fingerprint density at radius 1 is 0.722 bits per heavy atom. The molecule has 2 rings (SSSR count). The molecule has 18 heavy (non-hydrogen) atoms. The van der Waals surface area contributed by atoms with E-state index < -0.39 is 0 Å². The molecular formula is C17H20O. The van der Waals surface area contributed by atoms with Crippen molar-refractivity contribution < 1.29 is 4.74 Å². The van der Waals surface area contributed by atoms with E-state index >= 15 is 0 Å². The Kier molecular flexibility index (Phi) is 3.53. The van der Waals surface area contributed by atoms with Gasteiger partial charge in [-0.2, -0.15) is 0 Å². The lowest BCUT2D eigenvalue weighted by molar-refractivity contribution is 0.0391. The molecular weight excluding hydrogens is 220 g/mol. The van der Waals surface area contributed by atoms with Gasteiger partial charge in [0.2, 0.25) is 0 Å². The second kappa shape index (κ2) is 4.95. The summed E-state index contributed by atoms with van der Waals surface area (Å²) in [5.41, 5.74) is 4.50. The highest BCUT2D eigenvalue weighted by atomic mass is 16.5. The predicted molar refractivity (Wildman–Crippen MR) is 75.8 cm³/mol. The van der Waals surface area contributed by atoms with Crippen LogP contribution < -0.4 is 0 Å². The lowest BCUT2D eigenvalue weighted by Gasteiger charge is -2.29. The van der Waals surface area contributed by atoms with Gasteiger partial charge in [-0.05, 0) is 31.9 Å². The molecule has 0 amide bonds. The van der Waals surface area contributed by atoms with Crippen LogP contribution in [0.5, 0.6) is 0 Å². The third-order valence-electron chi connectivity index (χ3n) is 3.61. The van der Waals surface area contributed by atoms with Gasteiger partial charge in [-0.15, -0.1) is 0 Å². The van der Waals surface area contributed by atoms with Gasteiger partial charge in [0.15, 0.2) is 0 Å². The molecule has 0 aliphatic rings. The van der Waals surface area contributed by atoms with Gasteiger partial charge in [-0.1, -0.05) is 59.7 Å². The maximum atomic E-state index is 5.79. The average molecular weight is 240 g/mol. The summed E-state index contributed by atoms with van der Waals surface area (Å²) in [6.07, 6.45) is 0. The van der Waals surface area contributed by atoms with Crippen molar-refractivity contribution in [2.45, 2.75) is 26.4 Å². The summed E-state index contributed by atoms with van der Waals surface area (Å²) < 4.78 is 5.79. The third kappa shape index (κ3) is 2.32. The van der Waals surface area contributed by atoms with E-state index in [0.29, 0.717) is 0 Å². The quantitative estimate of drug-likeness (QED) is 0.780. The summed E-state index contributed by atoms with van der Waals surface area (Å²) >= 11 is 0. The minimum Gasteiger partial charge on any atom is -0.369 e. The van der Waals surface area contributed by atoms with Crippen LogP contribution in [0.3, 0.4) is 0 Å². The number of methoxy groups -OCH3 is 1. The fourth-order valence-corrected chi connectivity index (χ4v) is 2.15. The van der Waals surface area contributed by atoms with Gasteiger partial charge in [0, 0.05) is 7.11 Å². The zero-order chi connectivity index (χ0) is 13.2. The smallest absolute Gasteiger partial charge is 0.115 e. The normalized spacial score (nSPS) is 11.6. The number of hydrogen-bond donors (Lipinski definition) is 0. The Bertz CT molecular complexity index is 463. The number of hydrogen-bond acceptors (Lipinski definition) is 1. The molecule has 0 aliphatic carbocycles. The minimum absolute atomic E-state index is 0.387. The van der Waals surface area contributed by atoms with E-state index in [1.54, 1.807) is 7.11 Å². The van der Waals surface area contributed by atoms with Crippen molar-refractivity contribution in [3.8, 4) is 0 Å². The van der Waals surface area contributed by atoms with Crippen molar-refractivity contribution in [2.75, 3.05) is 7.11 Å². The van der Waals surface area contributed by atoms with E-state index in [-0.39, 0.29) is 5.60 Å². The Morgan fingerprint density at radius 2 is 1.06 bits per heavy atom. The maximum absolute atomic E-state index is 5.79. The molecule has 0 saturated heterocycles. The molecule has 0 spiro atoms. The number of rotatable bonds is 3. The average Bonchev–Trinajstić information content (AvgIpc) is 2.39. The van der Waals surface area contributed by atoms with Crippen molar-refractivity contribution in [3.63, 3.8) is 0 Å². The number of benzene rings is 2. The van der Waals surface area contributed by atoms with Crippen molar-refractivity contribution in [2.24, 2.45) is 0 Å². The molecule has 0 fully saturated rings. The monoisotopic (exact) mass is 240 g/mol. The van der Waals surface area contributed by atoms with E-state index in [9.17, 15) is 0 Å². The van der Waals surface area contributed by atoms with Crippen LogP contribution in [0, 0.1) is 13.8 Å². The molecule has 2 aromatic rings. The predicted octanol–water partition coefficient (Wildman–Crippen LogP) is 4.21. The van der Waals surface area contributed by atoms with Gasteiger partial charge in [0.25, 0.3) is 0 Å². The van der Waals surface area contributed by atoms with Gasteiger partial charge in [-0.25, -0.2) is 0 Å². The number of ether oxygens (including phenoxy) is 1. The minimum atomic E-state index is -0.387. The van der Waals surface area contributed by atoms with E-state index in [0.717, 1.165) is 0 Å². The highest BCUT2D eigenvalue weighted by Crippen LogP contribution is 2.32. The summed E-state index contributed by atoms with van der Waals surface area (Å²) in [6.45, 7) is 6.31. The molecule has 0 aliphatic heterocycles. The highest BCUT2D eigenvalue weighted by molar-refractivity contribution is 5.37. The Balaban J connectivity index is 2.47. The molecule has 0 unspecified atom stereocenters. The van der Waals surface area contributed by atoms with Gasteiger partial charge in [0.05, 0.1) is 0 Å². The van der Waals surface area contributed by atoms with Crippen LogP contribution in [0.25, 0.3) is 0 Å². The van der Waals surface area contributed by atoms with Crippen molar-refractivity contribution >= 4 is 0 Å². The van der Waals surface area contributed by atoms with Crippen LogP contribution in [0.2, 0.25) is 0 Å². The van der Waals surface area contributed by atoms with Gasteiger partial charge >= 0.3 is 0 Å². The fourth-order valence-electron chi connectivity index (χ4n) is 2.15. The molecule has 0 saturated carbocycles. The first kappa shape index (κ1) is 12.8. The molecule has 0 N–H and O–H groups in total. The van der Waals surface area contributed by atoms with E-state index in [1.807, 2.05) is 0 Å². The van der Waals surface area contributed by atoms with Crippen LogP contribution in [0.4, 0.5) is 0 Å². The largest absolute Gasteiger partial charge is 0.369 e. The fraction of sp³-hybridized carbons (Fsp3) is 0.294. The Labute approximate surface area is 109 Å². The zero-order valence-electron chi connectivity index (χ0n) is 11.5. The molecule has 0 atom stereocenters. The number of aryl methyl sites for hydroxylation is 2. The molecule has 0 aromatic heterocycles. The second-order valence-electron chi connectivity index (χ2n) is 4.97. The molecule has 94 valence electrons. The van der Waals surface area contributed by atoms with Gasteiger partial charge in [-0.3, -0.25) is 0 Å². The summed E-state index contributed by atoms with van der Waals surface area (Å²) in [5, 5.41) is 0. The second-order valence-corrected chi connectivity index (χ2v) is 4.97. The first-order chi connectivity index (χ1) is 8.56. The third-order valence-corrected chi connectivity index (χ3v) is 3.61. The van der Waals surface area contributed by atoms with E-state index in [4.69, 9.17) is 4.74 Å². The first-order valence-electron chi connectivity index (χ1n) is 6.26. The molecule has 1 heteroatoms. The van der Waals surface area contributed by atoms with E-state index in [2.05, 4.69) is 69.3 Å². The van der Waals surface area contributed by atoms with E-state index in [1.165, 1.54) is 22.3 Å². The van der Waals surface area contributed by atoms with Crippen LogP contribution in [-0.2, 0) is 10.3 Å².